The molecule has 8 heavy (non-hydrogen) atoms. The van der Waals surface area contributed by atoms with Crippen LogP contribution in [-0.2, 0) is 4.79 Å². The third-order valence-corrected chi connectivity index (χ3v) is 0.474. The van der Waals surface area contributed by atoms with Crippen LogP contribution in [0.4, 0.5) is 8.78 Å². The van der Waals surface area contributed by atoms with Gasteiger partial charge in [0.25, 0.3) is 5.91 Å². The van der Waals surface area contributed by atoms with Gasteiger partial charge in [0.1, 0.15) is 5.49 Å². The van der Waals surface area contributed by atoms with E-state index in [1.807, 2.05) is 0 Å². The van der Waals surface area contributed by atoms with E-state index in [0.717, 1.165) is 0 Å². The molecule has 0 spiro atoms. The van der Waals surface area contributed by atoms with Gasteiger partial charge in [-0.2, -0.15) is 8.78 Å². The first kappa shape index (κ1) is 7.42. The molecule has 0 aliphatic carbocycles. The fourth-order valence-electron chi connectivity index (χ4n) is 0.105. The Morgan fingerprint density at radius 3 is 2.38 bits per heavy atom. The van der Waals surface area contributed by atoms with Crippen molar-refractivity contribution in [2.24, 2.45) is 0 Å². The standard InChI is InChI=1S/C3H2F2NOS/c4-2(5)3(7)6-1-8/h2H,(H,6,7,8). The molecule has 1 N–H and O–H groups in total. The van der Waals surface area contributed by atoms with Gasteiger partial charge in [-0.3, -0.25) is 4.79 Å². The van der Waals surface area contributed by atoms with E-state index in [4.69, 9.17) is 0 Å². The van der Waals surface area contributed by atoms with Crippen LogP contribution in [-0.4, -0.2) is 17.8 Å². The quantitative estimate of drug-likeness (QED) is 0.436. The summed E-state index contributed by atoms with van der Waals surface area (Å²) in [6, 6.07) is 0. The average Bonchev–Trinajstić information content (AvgIpc) is 1.67. The minimum atomic E-state index is -3.01. The molecule has 0 saturated carbocycles. The van der Waals surface area contributed by atoms with Crippen molar-refractivity contribution in [2.45, 2.75) is 6.43 Å². The molecule has 5 heteroatoms. The second kappa shape index (κ2) is 3.43. The Morgan fingerprint density at radius 2 is 2.25 bits per heavy atom. The van der Waals surface area contributed by atoms with Gasteiger partial charge in [0, 0.05) is 0 Å². The number of carbonyl (C=O) groups excluding carboxylic acids is 1. The summed E-state index contributed by atoms with van der Waals surface area (Å²) in [5, 5.41) is 1.52. The number of rotatable bonds is 2. The molecule has 1 radical (unpaired) electrons. The SMILES string of the molecule is O=C(N[C]=S)C(F)F. The molecule has 0 rings (SSSR count). The first-order valence-corrected chi connectivity index (χ1v) is 2.04. The largest absolute Gasteiger partial charge is 0.315 e. The number of nitrogens with one attached hydrogen (secondary N) is 1. The molecule has 0 aliphatic rings. The Labute approximate surface area is 49.9 Å². The van der Waals surface area contributed by atoms with Crippen molar-refractivity contribution in [3.8, 4) is 0 Å². The molecule has 1 amide bonds. The molecule has 0 aliphatic heterocycles. The van der Waals surface area contributed by atoms with Gasteiger partial charge in [-0.25, -0.2) is 0 Å². The van der Waals surface area contributed by atoms with Crippen LogP contribution >= 0.6 is 12.2 Å². The fraction of sp³-hybridized carbons (Fsp3) is 0.333. The molecule has 0 saturated heterocycles. The zero-order valence-corrected chi connectivity index (χ0v) is 4.47. The van der Waals surface area contributed by atoms with E-state index in [9.17, 15) is 13.6 Å². The van der Waals surface area contributed by atoms with Crippen LogP contribution < -0.4 is 5.32 Å². The number of hydrogen-bond acceptors (Lipinski definition) is 2. The van der Waals surface area contributed by atoms with Gasteiger partial charge >= 0.3 is 6.43 Å². The van der Waals surface area contributed by atoms with Crippen molar-refractivity contribution in [1.82, 2.24) is 5.32 Å². The summed E-state index contributed by atoms with van der Waals surface area (Å²) in [6.45, 7) is 0. The topological polar surface area (TPSA) is 29.1 Å². The summed E-state index contributed by atoms with van der Waals surface area (Å²) in [7, 11) is 0. The molecule has 45 valence electrons. The van der Waals surface area contributed by atoms with Crippen molar-refractivity contribution in [3.05, 3.63) is 0 Å². The lowest BCUT2D eigenvalue weighted by Crippen LogP contribution is -2.27. The minimum absolute atomic E-state index is 1.42. The summed E-state index contributed by atoms with van der Waals surface area (Å²) >= 11 is 3.93. The molecule has 0 heterocycles. The third kappa shape index (κ3) is 2.57. The van der Waals surface area contributed by atoms with E-state index in [2.05, 4.69) is 12.2 Å². The predicted octanol–water partition coefficient (Wildman–Crippen LogP) is 0.202. The maximum atomic E-state index is 11.1. The maximum Gasteiger partial charge on any atom is 0.315 e. The van der Waals surface area contributed by atoms with E-state index < -0.39 is 12.3 Å². The number of amides is 1. The van der Waals surface area contributed by atoms with Crippen molar-refractivity contribution in [2.75, 3.05) is 0 Å². The average molecular weight is 138 g/mol. The second-order valence-corrected chi connectivity index (χ2v) is 1.10. The first-order valence-electron chi connectivity index (χ1n) is 1.63. The highest BCUT2D eigenvalue weighted by Gasteiger charge is 2.12. The highest BCUT2D eigenvalue weighted by molar-refractivity contribution is 7.78. The van der Waals surface area contributed by atoms with Crippen LogP contribution in [0.15, 0.2) is 0 Å². The number of hydrogen-bond donors (Lipinski definition) is 1. The Kier molecular flexibility index (Phi) is 3.18. The van der Waals surface area contributed by atoms with Crippen molar-refractivity contribution in [3.63, 3.8) is 0 Å². The van der Waals surface area contributed by atoms with E-state index in [1.54, 1.807) is 5.49 Å². The minimum Gasteiger partial charge on any atom is -0.310 e. The van der Waals surface area contributed by atoms with Gasteiger partial charge in [-0.05, 0) is 0 Å². The molecular weight excluding hydrogens is 136 g/mol. The zero-order valence-electron chi connectivity index (χ0n) is 3.65. The monoisotopic (exact) mass is 138 g/mol. The van der Waals surface area contributed by atoms with Crippen molar-refractivity contribution < 1.29 is 13.6 Å². The fourth-order valence-corrected chi connectivity index (χ4v) is 0.205. The maximum absolute atomic E-state index is 11.1. The Hall–Kier alpha value is -0.580. The molecule has 0 unspecified atom stereocenters. The highest BCUT2D eigenvalue weighted by atomic mass is 32.1. The van der Waals surface area contributed by atoms with Crippen LogP contribution in [0.2, 0.25) is 0 Å². The molecular formula is C3H2F2NOS. The summed E-state index contributed by atoms with van der Waals surface area (Å²) < 4.78 is 22.2. The molecule has 0 fully saturated rings. The molecule has 2 nitrogen and oxygen atoms in total. The number of alkyl halides is 2. The van der Waals surface area contributed by atoms with E-state index in [0.29, 0.717) is 0 Å². The van der Waals surface area contributed by atoms with Crippen LogP contribution in [0.1, 0.15) is 0 Å². The summed E-state index contributed by atoms with van der Waals surface area (Å²) in [5.74, 6) is -1.42. The number of carbonyl (C=O) groups is 1. The van der Waals surface area contributed by atoms with Crippen LogP contribution in [0.3, 0.4) is 0 Å². The van der Waals surface area contributed by atoms with Gasteiger partial charge in [0.05, 0.1) is 0 Å². The van der Waals surface area contributed by atoms with Gasteiger partial charge in [-0.15, -0.1) is 0 Å². The van der Waals surface area contributed by atoms with Gasteiger partial charge in [0.15, 0.2) is 0 Å². The van der Waals surface area contributed by atoms with E-state index in [-0.39, 0.29) is 0 Å². The van der Waals surface area contributed by atoms with Crippen LogP contribution in [0.25, 0.3) is 0 Å². The van der Waals surface area contributed by atoms with E-state index >= 15 is 0 Å². The number of halogens is 2. The van der Waals surface area contributed by atoms with Gasteiger partial charge in [0.2, 0.25) is 0 Å². The zero-order chi connectivity index (χ0) is 6.57. The second-order valence-electron chi connectivity index (χ2n) is 0.892. The molecule has 0 atom stereocenters. The first-order chi connectivity index (χ1) is 3.68. The number of thiocarbonyl (C=S) groups is 1. The molecule has 0 aromatic heterocycles. The highest BCUT2D eigenvalue weighted by Crippen LogP contribution is 1.88. The van der Waals surface area contributed by atoms with Crippen LogP contribution in [0, 0.1) is 0 Å². The van der Waals surface area contributed by atoms with E-state index in [1.165, 1.54) is 5.32 Å². The normalized spacial score (nSPS) is 8.88. The van der Waals surface area contributed by atoms with Crippen LogP contribution in [0.5, 0.6) is 0 Å². The lowest BCUT2D eigenvalue weighted by molar-refractivity contribution is -0.130. The Bertz CT molecular complexity index is 105. The van der Waals surface area contributed by atoms with Crippen molar-refractivity contribution >= 4 is 23.6 Å². The summed E-state index contributed by atoms with van der Waals surface area (Å²) in [5.41, 5.74) is 1.65. The lowest BCUT2D eigenvalue weighted by Gasteiger charge is -1.91. The third-order valence-electron chi connectivity index (χ3n) is 0.372. The Balaban J connectivity index is 3.48. The smallest absolute Gasteiger partial charge is 0.310 e. The molecule has 0 bridgehead atoms. The lowest BCUT2D eigenvalue weighted by atomic mass is 10.6. The molecule has 0 aromatic carbocycles. The molecule has 0 aromatic rings. The van der Waals surface area contributed by atoms with Gasteiger partial charge < -0.3 is 5.32 Å². The Morgan fingerprint density at radius 1 is 1.75 bits per heavy atom. The van der Waals surface area contributed by atoms with Gasteiger partial charge in [-0.1, -0.05) is 12.2 Å². The predicted molar refractivity (Wildman–Crippen MR) is 26.7 cm³/mol. The summed E-state index contributed by atoms with van der Waals surface area (Å²) in [4.78, 5) is 9.75. The van der Waals surface area contributed by atoms with Crippen molar-refractivity contribution in [1.29, 1.82) is 0 Å². The summed E-state index contributed by atoms with van der Waals surface area (Å²) in [6.07, 6.45) is -3.01.